The van der Waals surface area contributed by atoms with Gasteiger partial charge in [0.05, 0.1) is 13.2 Å². The Hall–Kier alpha value is -2.20. The Labute approximate surface area is 153 Å². The summed E-state index contributed by atoms with van der Waals surface area (Å²) in [5.74, 6) is -3.40. The van der Waals surface area contributed by atoms with Crippen molar-refractivity contribution in [1.29, 1.82) is 0 Å². The SMILES string of the molecule is CC(CCOC(=O)C(=O)OCCC(C)C(=O)NCCN)C(=O)NCCN. The van der Waals surface area contributed by atoms with Gasteiger partial charge in [-0.25, -0.2) is 9.59 Å². The zero-order valence-electron chi connectivity index (χ0n) is 15.4. The van der Waals surface area contributed by atoms with Gasteiger partial charge in [-0.1, -0.05) is 13.8 Å². The van der Waals surface area contributed by atoms with Gasteiger partial charge in [-0.05, 0) is 12.8 Å². The van der Waals surface area contributed by atoms with E-state index in [2.05, 4.69) is 10.6 Å². The van der Waals surface area contributed by atoms with Crippen molar-refractivity contribution < 1.29 is 28.7 Å². The highest BCUT2D eigenvalue weighted by atomic mass is 16.6. The Morgan fingerprint density at radius 1 is 0.769 bits per heavy atom. The van der Waals surface area contributed by atoms with E-state index < -0.39 is 11.9 Å². The highest BCUT2D eigenvalue weighted by molar-refractivity contribution is 6.29. The molecule has 0 aliphatic heterocycles. The molecule has 0 saturated carbocycles. The maximum Gasteiger partial charge on any atom is 0.417 e. The van der Waals surface area contributed by atoms with Crippen LogP contribution in [0, 0.1) is 11.8 Å². The molecule has 0 heterocycles. The van der Waals surface area contributed by atoms with Crippen LogP contribution in [0.4, 0.5) is 0 Å². The normalized spacial score (nSPS) is 12.6. The molecule has 6 N–H and O–H groups in total. The molecule has 0 aliphatic rings. The van der Waals surface area contributed by atoms with Crippen LogP contribution in [0.15, 0.2) is 0 Å². The molecule has 0 aromatic heterocycles. The third-order valence-corrected chi connectivity index (χ3v) is 3.52. The number of carbonyl (C=O) groups excluding carboxylic acids is 4. The smallest absolute Gasteiger partial charge is 0.417 e. The number of hydrogen-bond acceptors (Lipinski definition) is 8. The monoisotopic (exact) mass is 374 g/mol. The first-order valence-electron chi connectivity index (χ1n) is 8.62. The van der Waals surface area contributed by atoms with Gasteiger partial charge in [0, 0.05) is 38.0 Å². The zero-order chi connectivity index (χ0) is 19.9. The summed E-state index contributed by atoms with van der Waals surface area (Å²) in [6.07, 6.45) is 0.543. The van der Waals surface area contributed by atoms with Crippen molar-refractivity contribution in [2.45, 2.75) is 26.7 Å². The lowest BCUT2D eigenvalue weighted by Gasteiger charge is -2.12. The van der Waals surface area contributed by atoms with Crippen molar-refractivity contribution in [3.63, 3.8) is 0 Å². The summed E-state index contributed by atoms with van der Waals surface area (Å²) < 4.78 is 9.55. The average molecular weight is 374 g/mol. The lowest BCUT2D eigenvalue weighted by atomic mass is 10.1. The lowest BCUT2D eigenvalue weighted by Crippen LogP contribution is -2.34. The van der Waals surface area contributed by atoms with Crippen molar-refractivity contribution in [2.24, 2.45) is 23.3 Å². The Morgan fingerprint density at radius 3 is 1.42 bits per heavy atom. The summed E-state index contributed by atoms with van der Waals surface area (Å²) in [5, 5.41) is 5.24. The van der Waals surface area contributed by atoms with E-state index in [0.717, 1.165) is 0 Å². The fourth-order valence-electron chi connectivity index (χ4n) is 1.78. The summed E-state index contributed by atoms with van der Waals surface area (Å²) in [6.45, 7) is 4.62. The average Bonchev–Trinajstić information content (AvgIpc) is 2.63. The van der Waals surface area contributed by atoms with Crippen LogP contribution in [0.2, 0.25) is 0 Å². The molecule has 0 aromatic carbocycles. The molecular weight excluding hydrogens is 344 g/mol. The molecule has 0 bridgehead atoms. The third-order valence-electron chi connectivity index (χ3n) is 3.52. The van der Waals surface area contributed by atoms with E-state index in [-0.39, 0.29) is 49.7 Å². The van der Waals surface area contributed by atoms with Gasteiger partial charge in [0.2, 0.25) is 11.8 Å². The minimum atomic E-state index is -1.13. The fraction of sp³-hybridized carbons (Fsp3) is 0.750. The van der Waals surface area contributed by atoms with E-state index in [1.54, 1.807) is 13.8 Å². The molecule has 0 fully saturated rings. The number of amides is 2. The summed E-state index contributed by atoms with van der Waals surface area (Å²) >= 11 is 0. The van der Waals surface area contributed by atoms with Crippen LogP contribution >= 0.6 is 0 Å². The second-order valence-corrected chi connectivity index (χ2v) is 5.81. The minimum absolute atomic E-state index is 0.0803. The van der Waals surface area contributed by atoms with E-state index >= 15 is 0 Å². The van der Waals surface area contributed by atoms with Crippen LogP contribution in [0.3, 0.4) is 0 Å². The van der Waals surface area contributed by atoms with Crippen LogP contribution in [0.5, 0.6) is 0 Å². The number of ether oxygens (including phenoxy) is 2. The highest BCUT2D eigenvalue weighted by Crippen LogP contribution is 2.04. The molecule has 10 nitrogen and oxygen atoms in total. The van der Waals surface area contributed by atoms with Gasteiger partial charge in [0.25, 0.3) is 0 Å². The van der Waals surface area contributed by atoms with Crippen molar-refractivity contribution >= 4 is 23.8 Å². The van der Waals surface area contributed by atoms with Crippen LogP contribution in [0.25, 0.3) is 0 Å². The minimum Gasteiger partial charge on any atom is -0.457 e. The number of esters is 2. The molecule has 2 unspecified atom stereocenters. The third kappa shape index (κ3) is 10.6. The van der Waals surface area contributed by atoms with Crippen molar-refractivity contribution in [3.05, 3.63) is 0 Å². The second kappa shape index (κ2) is 14.0. The Bertz CT molecular complexity index is 430. The molecule has 2 atom stereocenters. The summed E-state index contributed by atoms with van der Waals surface area (Å²) in [4.78, 5) is 46.2. The highest BCUT2D eigenvalue weighted by Gasteiger charge is 2.20. The van der Waals surface area contributed by atoms with Crippen molar-refractivity contribution in [2.75, 3.05) is 39.4 Å². The van der Waals surface area contributed by atoms with Crippen LogP contribution in [-0.2, 0) is 28.7 Å². The second-order valence-electron chi connectivity index (χ2n) is 5.81. The van der Waals surface area contributed by atoms with Crippen LogP contribution in [0.1, 0.15) is 26.7 Å². The number of nitrogens with two attached hydrogens (primary N) is 2. The summed E-state index contributed by atoms with van der Waals surface area (Å²) in [6, 6.07) is 0. The lowest BCUT2D eigenvalue weighted by molar-refractivity contribution is -0.168. The van der Waals surface area contributed by atoms with Gasteiger partial charge >= 0.3 is 11.9 Å². The molecule has 0 spiro atoms. The summed E-state index contributed by atoms with van der Waals surface area (Å²) in [5.41, 5.74) is 10.6. The number of nitrogens with one attached hydrogen (secondary N) is 2. The standard InChI is InChI=1S/C16H30N4O6/c1-11(13(21)19-7-5-17)3-9-25-15(23)16(24)26-10-4-12(2)14(22)20-8-6-18/h11-12H,3-10,17-18H2,1-2H3,(H,19,21)(H,20,22). The van der Waals surface area contributed by atoms with Gasteiger partial charge in [-0.15, -0.1) is 0 Å². The molecular formula is C16H30N4O6. The Kier molecular flexibility index (Phi) is 12.8. The predicted molar refractivity (Wildman–Crippen MR) is 93.6 cm³/mol. The molecule has 0 rings (SSSR count). The molecule has 2 amide bonds. The van der Waals surface area contributed by atoms with Gasteiger partial charge in [0.1, 0.15) is 0 Å². The molecule has 0 aromatic rings. The molecule has 150 valence electrons. The zero-order valence-corrected chi connectivity index (χ0v) is 15.4. The van der Waals surface area contributed by atoms with Crippen LogP contribution < -0.4 is 22.1 Å². The van der Waals surface area contributed by atoms with Gasteiger partial charge in [-0.3, -0.25) is 9.59 Å². The topological polar surface area (TPSA) is 163 Å². The quantitative estimate of drug-likeness (QED) is 0.231. The van der Waals surface area contributed by atoms with E-state index in [9.17, 15) is 19.2 Å². The van der Waals surface area contributed by atoms with Crippen LogP contribution in [-0.4, -0.2) is 63.1 Å². The van der Waals surface area contributed by atoms with Crippen molar-refractivity contribution in [3.8, 4) is 0 Å². The first-order chi connectivity index (χ1) is 12.3. The fourth-order valence-corrected chi connectivity index (χ4v) is 1.78. The molecule has 26 heavy (non-hydrogen) atoms. The molecule has 0 aliphatic carbocycles. The predicted octanol–water partition coefficient (Wildman–Crippen LogP) is -1.72. The summed E-state index contributed by atoms with van der Waals surface area (Å²) in [7, 11) is 0. The number of rotatable bonds is 12. The van der Waals surface area contributed by atoms with Gasteiger partial charge < -0.3 is 31.6 Å². The maximum atomic E-state index is 11.6. The first kappa shape index (κ1) is 23.8. The Balaban J connectivity index is 3.94. The van der Waals surface area contributed by atoms with Crippen molar-refractivity contribution in [1.82, 2.24) is 10.6 Å². The number of hydrogen-bond donors (Lipinski definition) is 4. The largest absolute Gasteiger partial charge is 0.457 e. The maximum absolute atomic E-state index is 11.6. The van der Waals surface area contributed by atoms with Gasteiger partial charge in [-0.2, -0.15) is 0 Å². The van der Waals surface area contributed by atoms with E-state index in [0.29, 0.717) is 26.2 Å². The first-order valence-corrected chi connectivity index (χ1v) is 8.62. The molecule has 0 saturated heterocycles. The Morgan fingerprint density at radius 2 is 1.12 bits per heavy atom. The van der Waals surface area contributed by atoms with E-state index in [1.807, 2.05) is 0 Å². The van der Waals surface area contributed by atoms with E-state index in [1.165, 1.54) is 0 Å². The number of carbonyl (C=O) groups is 4. The van der Waals surface area contributed by atoms with E-state index in [4.69, 9.17) is 20.9 Å². The molecule has 0 radical (unpaired) electrons. The molecule has 10 heteroatoms. The van der Waals surface area contributed by atoms with Gasteiger partial charge in [0.15, 0.2) is 0 Å².